The molecule has 6 heteroatoms. The fourth-order valence-electron chi connectivity index (χ4n) is 2.38. The number of aryl methyl sites for hydroxylation is 2. The molecule has 1 aromatic heterocycles. The summed E-state index contributed by atoms with van der Waals surface area (Å²) in [6.07, 6.45) is 0. The normalized spacial score (nSPS) is 12.3. The van der Waals surface area contributed by atoms with Crippen LogP contribution in [0, 0.1) is 13.8 Å². The van der Waals surface area contributed by atoms with E-state index in [9.17, 15) is 9.59 Å². The van der Waals surface area contributed by atoms with Crippen molar-refractivity contribution in [2.24, 2.45) is 0 Å². The van der Waals surface area contributed by atoms with Crippen molar-refractivity contribution in [2.75, 3.05) is 12.1 Å². The van der Waals surface area contributed by atoms with Crippen molar-refractivity contribution in [3.8, 4) is 11.5 Å². The quantitative estimate of drug-likeness (QED) is 0.879. The maximum Gasteiger partial charge on any atom is 0.256 e. The number of rotatable bonds is 3. The lowest BCUT2D eigenvalue weighted by molar-refractivity contribution is 0.101. The molecule has 0 radical (unpaired) electrons. The zero-order valence-corrected chi connectivity index (χ0v) is 13.3. The van der Waals surface area contributed by atoms with Crippen molar-refractivity contribution in [1.29, 1.82) is 0 Å². The summed E-state index contributed by atoms with van der Waals surface area (Å²) in [7, 11) is 0. The number of carbonyl (C=O) groups is 2. The molecule has 22 heavy (non-hydrogen) atoms. The number of hydrogen-bond donors (Lipinski definition) is 1. The standard InChI is InChI=1S/C16H15NO4S/c1-8-4-12(10(3)22-8)16(19)17-13-6-15-14(20-7-21-15)5-11(13)9(2)18/h4-6H,7H2,1-3H3,(H,17,19). The molecule has 0 atom stereocenters. The van der Waals surface area contributed by atoms with E-state index in [1.165, 1.54) is 6.92 Å². The van der Waals surface area contributed by atoms with Gasteiger partial charge < -0.3 is 14.8 Å². The summed E-state index contributed by atoms with van der Waals surface area (Å²) >= 11 is 1.57. The number of thiophene rings is 1. The Morgan fingerprint density at radius 3 is 2.36 bits per heavy atom. The second-order valence-electron chi connectivity index (χ2n) is 5.09. The van der Waals surface area contributed by atoms with Crippen LogP contribution in [-0.4, -0.2) is 18.5 Å². The molecule has 3 rings (SSSR count). The lowest BCUT2D eigenvalue weighted by atomic mass is 10.1. The van der Waals surface area contributed by atoms with Gasteiger partial charge in [0.05, 0.1) is 11.3 Å². The van der Waals surface area contributed by atoms with E-state index < -0.39 is 0 Å². The third-order valence-electron chi connectivity index (χ3n) is 3.43. The number of benzene rings is 1. The topological polar surface area (TPSA) is 64.6 Å². The van der Waals surface area contributed by atoms with Crippen molar-refractivity contribution in [3.63, 3.8) is 0 Å². The van der Waals surface area contributed by atoms with Crippen LogP contribution in [0.5, 0.6) is 11.5 Å². The Bertz CT molecular complexity index is 779. The summed E-state index contributed by atoms with van der Waals surface area (Å²) in [6, 6.07) is 5.08. The van der Waals surface area contributed by atoms with Gasteiger partial charge in [-0.3, -0.25) is 9.59 Å². The van der Waals surface area contributed by atoms with Crippen LogP contribution in [0.1, 0.15) is 37.4 Å². The summed E-state index contributed by atoms with van der Waals surface area (Å²) < 4.78 is 10.6. The van der Waals surface area contributed by atoms with Crippen LogP contribution >= 0.6 is 11.3 Å². The Morgan fingerprint density at radius 1 is 1.09 bits per heavy atom. The van der Waals surface area contributed by atoms with Gasteiger partial charge in [-0.05, 0) is 32.9 Å². The molecule has 2 aromatic rings. The lowest BCUT2D eigenvalue weighted by Crippen LogP contribution is -2.14. The monoisotopic (exact) mass is 317 g/mol. The molecule has 0 fully saturated rings. The van der Waals surface area contributed by atoms with Gasteiger partial charge in [0.1, 0.15) is 0 Å². The zero-order valence-electron chi connectivity index (χ0n) is 12.5. The van der Waals surface area contributed by atoms with Gasteiger partial charge in [0.15, 0.2) is 17.3 Å². The van der Waals surface area contributed by atoms with Gasteiger partial charge in [-0.15, -0.1) is 11.3 Å². The molecular formula is C16H15NO4S. The van der Waals surface area contributed by atoms with E-state index in [0.29, 0.717) is 28.3 Å². The first-order chi connectivity index (χ1) is 10.5. The van der Waals surface area contributed by atoms with Crippen molar-refractivity contribution >= 4 is 28.7 Å². The van der Waals surface area contributed by atoms with Gasteiger partial charge in [0.25, 0.3) is 5.91 Å². The average Bonchev–Trinajstić information content (AvgIpc) is 3.03. The van der Waals surface area contributed by atoms with Crippen LogP contribution in [0.3, 0.4) is 0 Å². The Labute approximate surface area is 131 Å². The van der Waals surface area contributed by atoms with Crippen LogP contribution in [0.4, 0.5) is 5.69 Å². The molecule has 2 heterocycles. The van der Waals surface area contributed by atoms with E-state index in [2.05, 4.69) is 5.32 Å². The van der Waals surface area contributed by atoms with Crippen LogP contribution in [0.25, 0.3) is 0 Å². The number of hydrogen-bond acceptors (Lipinski definition) is 5. The average molecular weight is 317 g/mol. The Hall–Kier alpha value is -2.34. The van der Waals surface area contributed by atoms with Crippen LogP contribution in [0.2, 0.25) is 0 Å². The van der Waals surface area contributed by atoms with Gasteiger partial charge in [-0.25, -0.2) is 0 Å². The van der Waals surface area contributed by atoms with Crippen molar-refractivity contribution < 1.29 is 19.1 Å². The van der Waals surface area contributed by atoms with E-state index in [4.69, 9.17) is 9.47 Å². The number of ketones is 1. The first-order valence-electron chi connectivity index (χ1n) is 6.78. The smallest absolute Gasteiger partial charge is 0.256 e. The number of fused-ring (bicyclic) bond motifs is 1. The van der Waals surface area contributed by atoms with E-state index in [1.54, 1.807) is 23.5 Å². The number of nitrogens with one attached hydrogen (secondary N) is 1. The second kappa shape index (κ2) is 5.46. The first kappa shape index (κ1) is 14.6. The summed E-state index contributed by atoms with van der Waals surface area (Å²) in [5.74, 6) is 0.666. The number of amides is 1. The molecule has 0 saturated heterocycles. The highest BCUT2D eigenvalue weighted by Gasteiger charge is 2.21. The minimum atomic E-state index is -0.233. The molecule has 114 valence electrons. The lowest BCUT2D eigenvalue weighted by Gasteiger charge is -2.10. The largest absolute Gasteiger partial charge is 0.454 e. The minimum absolute atomic E-state index is 0.118. The van der Waals surface area contributed by atoms with Crippen molar-refractivity contribution in [3.05, 3.63) is 39.1 Å². The molecule has 0 aliphatic carbocycles. The van der Waals surface area contributed by atoms with E-state index in [-0.39, 0.29) is 18.5 Å². The minimum Gasteiger partial charge on any atom is -0.454 e. The van der Waals surface area contributed by atoms with Crippen LogP contribution in [0.15, 0.2) is 18.2 Å². The highest BCUT2D eigenvalue weighted by molar-refractivity contribution is 7.12. The molecule has 1 aliphatic rings. The summed E-state index contributed by atoms with van der Waals surface area (Å²) in [5, 5.41) is 2.80. The maximum absolute atomic E-state index is 12.4. The molecule has 1 aliphatic heterocycles. The molecule has 1 N–H and O–H groups in total. The van der Waals surface area contributed by atoms with Crippen molar-refractivity contribution in [1.82, 2.24) is 0 Å². The molecule has 0 saturated carbocycles. The van der Waals surface area contributed by atoms with Crippen molar-refractivity contribution in [2.45, 2.75) is 20.8 Å². The Kier molecular flexibility index (Phi) is 3.62. The highest BCUT2D eigenvalue weighted by Crippen LogP contribution is 2.37. The highest BCUT2D eigenvalue weighted by atomic mass is 32.1. The number of Topliss-reactive ketones (excluding diaryl/α,β-unsaturated/α-hetero) is 1. The van der Waals surface area contributed by atoms with Gasteiger partial charge in [0.2, 0.25) is 6.79 Å². The predicted molar refractivity (Wildman–Crippen MR) is 84.3 cm³/mol. The fourth-order valence-corrected chi connectivity index (χ4v) is 3.30. The summed E-state index contributed by atoms with van der Waals surface area (Å²) in [4.78, 5) is 26.3. The summed E-state index contributed by atoms with van der Waals surface area (Å²) in [6.45, 7) is 5.42. The third-order valence-corrected chi connectivity index (χ3v) is 4.39. The second-order valence-corrected chi connectivity index (χ2v) is 6.55. The maximum atomic E-state index is 12.4. The van der Waals surface area contributed by atoms with Crippen LogP contribution in [-0.2, 0) is 0 Å². The zero-order chi connectivity index (χ0) is 15.9. The molecule has 0 spiro atoms. The molecule has 5 nitrogen and oxygen atoms in total. The molecule has 0 bridgehead atoms. The molecule has 0 unspecified atom stereocenters. The number of ether oxygens (including phenoxy) is 2. The SMILES string of the molecule is CC(=O)c1cc2c(cc1NC(=O)c1cc(C)sc1C)OCO2. The Morgan fingerprint density at radius 2 is 1.77 bits per heavy atom. The van der Waals surface area contributed by atoms with Gasteiger partial charge in [0, 0.05) is 21.4 Å². The van der Waals surface area contributed by atoms with Gasteiger partial charge >= 0.3 is 0 Å². The number of anilines is 1. The van der Waals surface area contributed by atoms with E-state index in [1.807, 2.05) is 19.9 Å². The molecular weight excluding hydrogens is 302 g/mol. The fraction of sp³-hybridized carbons (Fsp3) is 0.250. The summed E-state index contributed by atoms with van der Waals surface area (Å²) in [5.41, 5.74) is 1.46. The van der Waals surface area contributed by atoms with Crippen LogP contribution < -0.4 is 14.8 Å². The third kappa shape index (κ3) is 2.57. The first-order valence-corrected chi connectivity index (χ1v) is 7.60. The van der Waals surface area contributed by atoms with E-state index >= 15 is 0 Å². The molecule has 1 amide bonds. The number of carbonyl (C=O) groups excluding carboxylic acids is 2. The Balaban J connectivity index is 1.96. The predicted octanol–water partition coefficient (Wildman–Crippen LogP) is 3.55. The van der Waals surface area contributed by atoms with E-state index in [0.717, 1.165) is 9.75 Å². The van der Waals surface area contributed by atoms with Gasteiger partial charge in [-0.2, -0.15) is 0 Å². The van der Waals surface area contributed by atoms with Gasteiger partial charge in [-0.1, -0.05) is 0 Å². The molecule has 1 aromatic carbocycles.